The smallest absolute Gasteiger partial charge is 0.132 e. The van der Waals surface area contributed by atoms with Crippen LogP contribution in [0, 0.1) is 11.6 Å². The maximum Gasteiger partial charge on any atom is 0.132 e. The van der Waals surface area contributed by atoms with Gasteiger partial charge in [-0.05, 0) is 25.0 Å². The largest absolute Gasteiger partial charge is 0.368 e. The Balaban J connectivity index is 1.46. The molecule has 0 saturated carbocycles. The molecule has 140 valence electrons. The number of halogens is 2. The van der Waals surface area contributed by atoms with Crippen LogP contribution in [0.15, 0.2) is 36.7 Å². The van der Waals surface area contributed by atoms with Gasteiger partial charge in [0.05, 0.1) is 0 Å². The SMILES string of the molecule is C=C1CCC(c2c(F)cc(N3CC(N4CCNCC4)C3)cc2F)C(=C)N1. The van der Waals surface area contributed by atoms with Crippen LogP contribution in [0.2, 0.25) is 0 Å². The zero-order valence-corrected chi connectivity index (χ0v) is 15.0. The fraction of sp³-hybridized carbons (Fsp3) is 0.500. The number of nitrogens with one attached hydrogen (secondary N) is 2. The van der Waals surface area contributed by atoms with Crippen molar-refractivity contribution in [2.24, 2.45) is 0 Å². The lowest BCUT2D eigenvalue weighted by molar-refractivity contribution is 0.147. The molecule has 1 aromatic carbocycles. The average molecular weight is 360 g/mol. The molecule has 1 aromatic rings. The molecule has 0 amide bonds. The second kappa shape index (κ2) is 7.00. The maximum absolute atomic E-state index is 14.8. The van der Waals surface area contributed by atoms with E-state index in [2.05, 4.69) is 33.6 Å². The van der Waals surface area contributed by atoms with Crippen LogP contribution in [0.25, 0.3) is 0 Å². The van der Waals surface area contributed by atoms with Gasteiger partial charge in [0.25, 0.3) is 0 Å². The first kappa shape index (κ1) is 17.5. The highest BCUT2D eigenvalue weighted by Crippen LogP contribution is 2.37. The molecule has 3 saturated heterocycles. The van der Waals surface area contributed by atoms with Crippen LogP contribution in [-0.4, -0.2) is 50.2 Å². The third-order valence-corrected chi connectivity index (χ3v) is 5.80. The number of benzene rings is 1. The monoisotopic (exact) mass is 360 g/mol. The van der Waals surface area contributed by atoms with E-state index in [0.717, 1.165) is 45.0 Å². The van der Waals surface area contributed by atoms with Crippen molar-refractivity contribution in [3.8, 4) is 0 Å². The van der Waals surface area contributed by atoms with Crippen molar-refractivity contribution in [2.45, 2.75) is 24.8 Å². The summed E-state index contributed by atoms with van der Waals surface area (Å²) in [5.41, 5.74) is 2.23. The number of nitrogens with zero attached hydrogens (tertiary/aromatic N) is 2. The summed E-state index contributed by atoms with van der Waals surface area (Å²) >= 11 is 0. The predicted octanol–water partition coefficient (Wildman–Crippen LogP) is 2.55. The standard InChI is InChI=1S/C20H26F2N4/c1-13-3-4-17(14(2)24-13)20-18(21)9-15(10-19(20)22)26-11-16(12-26)25-7-5-23-6-8-25/h9-10,16-17,23-24H,1-8,11-12H2. The highest BCUT2D eigenvalue weighted by Gasteiger charge is 2.34. The molecule has 2 N–H and O–H groups in total. The molecule has 3 heterocycles. The van der Waals surface area contributed by atoms with Gasteiger partial charge in [-0.1, -0.05) is 13.2 Å². The van der Waals surface area contributed by atoms with Crippen molar-refractivity contribution in [3.05, 3.63) is 53.9 Å². The van der Waals surface area contributed by atoms with Crippen LogP contribution in [-0.2, 0) is 0 Å². The predicted molar refractivity (Wildman–Crippen MR) is 100 cm³/mol. The first-order chi connectivity index (χ1) is 12.5. The lowest BCUT2D eigenvalue weighted by Crippen LogP contribution is -2.62. The van der Waals surface area contributed by atoms with Gasteiger partial charge in [0.15, 0.2) is 0 Å². The summed E-state index contributed by atoms with van der Waals surface area (Å²) in [7, 11) is 0. The normalized spacial score (nSPS) is 25.2. The van der Waals surface area contributed by atoms with Crippen LogP contribution >= 0.6 is 0 Å². The van der Waals surface area contributed by atoms with E-state index in [0.29, 0.717) is 30.3 Å². The van der Waals surface area contributed by atoms with Gasteiger partial charge < -0.3 is 15.5 Å². The topological polar surface area (TPSA) is 30.5 Å². The summed E-state index contributed by atoms with van der Waals surface area (Å²) in [4.78, 5) is 4.51. The summed E-state index contributed by atoms with van der Waals surface area (Å²) in [6, 6.07) is 3.43. The molecule has 3 fully saturated rings. The van der Waals surface area contributed by atoms with Crippen LogP contribution in [0.3, 0.4) is 0 Å². The van der Waals surface area contributed by atoms with E-state index in [1.807, 2.05) is 0 Å². The molecule has 4 rings (SSSR count). The number of piperidine rings is 1. The highest BCUT2D eigenvalue weighted by atomic mass is 19.1. The van der Waals surface area contributed by atoms with Gasteiger partial charge in [0, 0.05) is 73.9 Å². The van der Waals surface area contributed by atoms with Crippen molar-refractivity contribution in [1.82, 2.24) is 15.5 Å². The average Bonchev–Trinajstić information content (AvgIpc) is 2.56. The van der Waals surface area contributed by atoms with E-state index in [9.17, 15) is 8.78 Å². The zero-order chi connectivity index (χ0) is 18.3. The minimum Gasteiger partial charge on any atom is -0.368 e. The van der Waals surface area contributed by atoms with E-state index in [-0.39, 0.29) is 11.5 Å². The van der Waals surface area contributed by atoms with Gasteiger partial charge in [-0.3, -0.25) is 4.90 Å². The molecule has 4 nitrogen and oxygen atoms in total. The molecule has 26 heavy (non-hydrogen) atoms. The Kier molecular flexibility index (Phi) is 4.71. The van der Waals surface area contributed by atoms with Gasteiger partial charge in [0.2, 0.25) is 0 Å². The summed E-state index contributed by atoms with van der Waals surface area (Å²) in [6.45, 7) is 13.6. The van der Waals surface area contributed by atoms with Gasteiger partial charge in [0.1, 0.15) is 11.6 Å². The van der Waals surface area contributed by atoms with Gasteiger partial charge in [-0.2, -0.15) is 0 Å². The maximum atomic E-state index is 14.8. The summed E-state index contributed by atoms with van der Waals surface area (Å²) in [5.74, 6) is -1.31. The number of hydrogen-bond donors (Lipinski definition) is 2. The highest BCUT2D eigenvalue weighted by molar-refractivity contribution is 5.53. The van der Waals surface area contributed by atoms with Gasteiger partial charge in [-0.15, -0.1) is 0 Å². The molecule has 1 unspecified atom stereocenters. The van der Waals surface area contributed by atoms with Crippen LogP contribution in [0.4, 0.5) is 14.5 Å². The van der Waals surface area contributed by atoms with E-state index in [1.165, 1.54) is 12.1 Å². The molecular formula is C20H26F2N4. The number of piperazine rings is 1. The number of anilines is 1. The fourth-order valence-electron chi connectivity index (χ4n) is 4.22. The van der Waals surface area contributed by atoms with E-state index >= 15 is 0 Å². The van der Waals surface area contributed by atoms with Crippen molar-refractivity contribution in [1.29, 1.82) is 0 Å². The Bertz CT molecular complexity index is 698. The molecule has 1 atom stereocenters. The Morgan fingerprint density at radius 2 is 1.69 bits per heavy atom. The molecular weight excluding hydrogens is 334 g/mol. The van der Waals surface area contributed by atoms with Gasteiger partial charge >= 0.3 is 0 Å². The van der Waals surface area contributed by atoms with E-state index in [4.69, 9.17) is 0 Å². The molecule has 3 aliphatic rings. The number of allylic oxidation sites excluding steroid dienone is 2. The van der Waals surface area contributed by atoms with Crippen LogP contribution in [0.1, 0.15) is 24.3 Å². The summed E-state index contributed by atoms with van der Waals surface area (Å²) in [5, 5.41) is 6.39. The molecule has 0 bridgehead atoms. The minimum absolute atomic E-state index is 0.123. The lowest BCUT2D eigenvalue weighted by atomic mass is 9.87. The molecule has 3 aliphatic heterocycles. The third kappa shape index (κ3) is 3.23. The summed E-state index contributed by atoms with van der Waals surface area (Å²) in [6.07, 6.45) is 1.33. The zero-order valence-electron chi connectivity index (χ0n) is 15.0. The summed E-state index contributed by atoms with van der Waals surface area (Å²) < 4.78 is 29.5. The molecule has 6 heteroatoms. The Hall–Kier alpha value is -1.92. The Labute approximate surface area is 153 Å². The van der Waals surface area contributed by atoms with Crippen LogP contribution in [0.5, 0.6) is 0 Å². The first-order valence-electron chi connectivity index (χ1n) is 9.35. The van der Waals surface area contributed by atoms with E-state index < -0.39 is 11.6 Å². The molecule has 0 aliphatic carbocycles. The lowest BCUT2D eigenvalue weighted by Gasteiger charge is -2.48. The molecule has 0 radical (unpaired) electrons. The van der Waals surface area contributed by atoms with Crippen molar-refractivity contribution < 1.29 is 8.78 Å². The quantitative estimate of drug-likeness (QED) is 0.867. The molecule has 0 spiro atoms. The molecule has 0 aromatic heterocycles. The van der Waals surface area contributed by atoms with Crippen molar-refractivity contribution >= 4 is 5.69 Å². The van der Waals surface area contributed by atoms with Gasteiger partial charge in [-0.25, -0.2) is 8.78 Å². The fourth-order valence-corrected chi connectivity index (χ4v) is 4.22. The number of rotatable bonds is 3. The van der Waals surface area contributed by atoms with Crippen molar-refractivity contribution in [2.75, 3.05) is 44.2 Å². The minimum atomic E-state index is -0.480. The number of hydrogen-bond acceptors (Lipinski definition) is 4. The van der Waals surface area contributed by atoms with Crippen LogP contribution < -0.4 is 15.5 Å². The van der Waals surface area contributed by atoms with E-state index in [1.54, 1.807) is 0 Å². The Morgan fingerprint density at radius 3 is 2.31 bits per heavy atom. The van der Waals surface area contributed by atoms with Crippen molar-refractivity contribution in [3.63, 3.8) is 0 Å². The Morgan fingerprint density at radius 1 is 1.04 bits per heavy atom. The second-order valence-electron chi connectivity index (χ2n) is 7.51. The third-order valence-electron chi connectivity index (χ3n) is 5.80. The first-order valence-corrected chi connectivity index (χ1v) is 9.35. The second-order valence-corrected chi connectivity index (χ2v) is 7.51.